The summed E-state index contributed by atoms with van der Waals surface area (Å²) < 4.78 is 7.23. The van der Waals surface area contributed by atoms with Crippen LogP contribution in [-0.2, 0) is 16.1 Å². The summed E-state index contributed by atoms with van der Waals surface area (Å²) in [6.07, 6.45) is 2.01. The van der Waals surface area contributed by atoms with Crippen molar-refractivity contribution >= 4 is 23.4 Å². The van der Waals surface area contributed by atoms with E-state index >= 15 is 0 Å². The van der Waals surface area contributed by atoms with Crippen LogP contribution < -0.4 is 10.6 Å². The van der Waals surface area contributed by atoms with Crippen molar-refractivity contribution in [1.29, 1.82) is 0 Å². The van der Waals surface area contributed by atoms with Gasteiger partial charge >= 0.3 is 5.69 Å². The molecule has 1 amide bonds. The summed E-state index contributed by atoms with van der Waals surface area (Å²) in [5.41, 5.74) is 0.941. The van der Waals surface area contributed by atoms with E-state index in [9.17, 15) is 9.59 Å². The molecule has 1 aromatic heterocycles. The Bertz CT molecular complexity index is 870. The van der Waals surface area contributed by atoms with Gasteiger partial charge in [-0.15, -0.1) is 5.10 Å². The van der Waals surface area contributed by atoms with Gasteiger partial charge in [-0.1, -0.05) is 30.0 Å². The van der Waals surface area contributed by atoms with Gasteiger partial charge in [-0.25, -0.2) is 9.89 Å². The van der Waals surface area contributed by atoms with Gasteiger partial charge in [-0.2, -0.15) is 0 Å². The summed E-state index contributed by atoms with van der Waals surface area (Å²) in [6.45, 7) is 6.13. The number of aromatic nitrogens is 3. The van der Waals surface area contributed by atoms with Crippen molar-refractivity contribution in [3.8, 4) is 0 Å². The highest BCUT2D eigenvalue weighted by atomic mass is 32.2. The van der Waals surface area contributed by atoms with Crippen LogP contribution in [0.4, 0.5) is 5.69 Å². The van der Waals surface area contributed by atoms with Crippen LogP contribution in [0.3, 0.4) is 0 Å². The molecule has 1 N–H and O–H groups in total. The van der Waals surface area contributed by atoms with E-state index in [0.717, 1.165) is 32.5 Å². The summed E-state index contributed by atoms with van der Waals surface area (Å²) in [6, 6.07) is 10.3. The predicted molar refractivity (Wildman–Crippen MR) is 112 cm³/mol. The van der Waals surface area contributed by atoms with E-state index in [4.69, 9.17) is 4.74 Å². The number of aromatic amines is 1. The number of rotatable bonds is 6. The van der Waals surface area contributed by atoms with Crippen LogP contribution in [0.15, 0.2) is 40.3 Å². The number of para-hydroxylation sites is 1. The Labute approximate surface area is 174 Å². The second kappa shape index (κ2) is 9.04. The quantitative estimate of drug-likeness (QED) is 0.719. The fraction of sp³-hybridized carbons (Fsp3) is 0.550. The number of carbonyl (C=O) groups is 1. The number of nitrogens with zero attached hydrogens (tertiary/aromatic N) is 4. The molecule has 1 aromatic carbocycles. The van der Waals surface area contributed by atoms with Crippen molar-refractivity contribution in [2.75, 3.05) is 37.7 Å². The number of hydrogen-bond donors (Lipinski definition) is 1. The molecule has 0 radical (unpaired) electrons. The lowest BCUT2D eigenvalue weighted by Crippen LogP contribution is -2.50. The lowest BCUT2D eigenvalue weighted by Gasteiger charge is -2.37. The van der Waals surface area contributed by atoms with Crippen molar-refractivity contribution in [3.63, 3.8) is 0 Å². The highest BCUT2D eigenvalue weighted by molar-refractivity contribution is 8.00. The van der Waals surface area contributed by atoms with Gasteiger partial charge in [-0.05, 0) is 31.9 Å². The molecule has 2 saturated heterocycles. The summed E-state index contributed by atoms with van der Waals surface area (Å²) >= 11 is 1.33. The highest BCUT2D eigenvalue weighted by Crippen LogP contribution is 2.24. The Hall–Kier alpha value is -2.26. The number of ether oxygens (including phenoxy) is 1. The van der Waals surface area contributed by atoms with Crippen molar-refractivity contribution in [2.24, 2.45) is 0 Å². The van der Waals surface area contributed by atoms with E-state index in [1.54, 1.807) is 4.57 Å². The van der Waals surface area contributed by atoms with Gasteiger partial charge < -0.3 is 14.5 Å². The van der Waals surface area contributed by atoms with Gasteiger partial charge in [0.25, 0.3) is 0 Å². The molecule has 4 rings (SSSR count). The average molecular weight is 418 g/mol. The first-order valence-electron chi connectivity index (χ1n) is 10.1. The molecule has 29 heavy (non-hydrogen) atoms. The van der Waals surface area contributed by atoms with Crippen LogP contribution in [0.5, 0.6) is 0 Å². The van der Waals surface area contributed by atoms with Crippen molar-refractivity contribution in [1.82, 2.24) is 19.7 Å². The molecule has 8 nitrogen and oxygen atoms in total. The molecule has 9 heteroatoms. The summed E-state index contributed by atoms with van der Waals surface area (Å²) in [5.74, 6) is 0.0850. The molecule has 0 bridgehead atoms. The largest absolute Gasteiger partial charge is 0.376 e. The molecule has 0 saturated carbocycles. The van der Waals surface area contributed by atoms with E-state index < -0.39 is 0 Å². The standard InChI is InChI=1S/C20H27N5O3S/c1-15(29-20-22-21-19(27)25(20)14-17-8-5-13-28-17)18(26)24-11-9-23(10-12-24)16-6-3-2-4-7-16/h2-4,6-7,15,17H,5,8-14H2,1H3,(H,21,27)/t15-,17-/m0/s1. The minimum Gasteiger partial charge on any atom is -0.376 e. The Morgan fingerprint density at radius 2 is 2.03 bits per heavy atom. The van der Waals surface area contributed by atoms with Crippen molar-refractivity contribution in [2.45, 2.75) is 42.8 Å². The molecule has 0 spiro atoms. The topological polar surface area (TPSA) is 83.5 Å². The fourth-order valence-corrected chi connectivity index (χ4v) is 4.78. The number of thioether (sulfide) groups is 1. The Morgan fingerprint density at radius 1 is 1.28 bits per heavy atom. The zero-order valence-electron chi connectivity index (χ0n) is 16.6. The Morgan fingerprint density at radius 3 is 2.72 bits per heavy atom. The van der Waals surface area contributed by atoms with Gasteiger partial charge in [0, 0.05) is 38.5 Å². The molecule has 2 aliphatic heterocycles. The van der Waals surface area contributed by atoms with Gasteiger partial charge in [-0.3, -0.25) is 9.36 Å². The average Bonchev–Trinajstić information content (AvgIpc) is 3.39. The summed E-state index contributed by atoms with van der Waals surface area (Å²) in [7, 11) is 0. The van der Waals surface area contributed by atoms with E-state index in [1.807, 2.05) is 30.0 Å². The van der Waals surface area contributed by atoms with Crippen LogP contribution in [0.25, 0.3) is 0 Å². The molecule has 2 aliphatic rings. The molecular weight excluding hydrogens is 390 g/mol. The van der Waals surface area contributed by atoms with Crippen LogP contribution in [-0.4, -0.2) is 69.7 Å². The molecular formula is C20H27N5O3S. The summed E-state index contributed by atoms with van der Waals surface area (Å²) in [4.78, 5) is 29.3. The smallest absolute Gasteiger partial charge is 0.344 e. The van der Waals surface area contributed by atoms with Crippen LogP contribution in [0.1, 0.15) is 19.8 Å². The minimum atomic E-state index is -0.309. The monoisotopic (exact) mass is 417 g/mol. The zero-order chi connectivity index (χ0) is 20.2. The van der Waals surface area contributed by atoms with Crippen LogP contribution in [0.2, 0.25) is 0 Å². The molecule has 2 atom stereocenters. The van der Waals surface area contributed by atoms with E-state index in [1.165, 1.54) is 17.4 Å². The first-order chi connectivity index (χ1) is 14.1. The number of H-pyrrole nitrogens is 1. The van der Waals surface area contributed by atoms with Gasteiger partial charge in [0.15, 0.2) is 5.16 Å². The predicted octanol–water partition coefficient (Wildman–Crippen LogP) is 1.58. The molecule has 3 heterocycles. The fourth-order valence-electron chi connectivity index (χ4n) is 3.84. The van der Waals surface area contributed by atoms with Crippen molar-refractivity contribution in [3.05, 3.63) is 40.8 Å². The van der Waals surface area contributed by atoms with Gasteiger partial charge in [0.05, 0.1) is 17.9 Å². The zero-order valence-corrected chi connectivity index (χ0v) is 17.4. The first kappa shape index (κ1) is 20.0. The maximum Gasteiger partial charge on any atom is 0.344 e. The number of nitrogens with one attached hydrogen (secondary N) is 1. The SMILES string of the molecule is C[C@H](Sc1n[nH]c(=O)n1C[C@@H]1CCCO1)C(=O)N1CCN(c2ccccc2)CC1. The number of piperazine rings is 1. The number of amides is 1. The Kier molecular flexibility index (Phi) is 6.25. The number of hydrogen-bond acceptors (Lipinski definition) is 6. The third-order valence-electron chi connectivity index (χ3n) is 5.48. The van der Waals surface area contributed by atoms with Gasteiger partial charge in [0.1, 0.15) is 0 Å². The third kappa shape index (κ3) is 4.67. The molecule has 2 fully saturated rings. The minimum absolute atomic E-state index is 0.0433. The number of benzene rings is 1. The lowest BCUT2D eigenvalue weighted by atomic mass is 10.2. The second-order valence-electron chi connectivity index (χ2n) is 7.46. The summed E-state index contributed by atoms with van der Waals surface area (Å²) in [5, 5.41) is 6.88. The number of carbonyl (C=O) groups excluding carboxylic acids is 1. The first-order valence-corrected chi connectivity index (χ1v) is 11.0. The van der Waals surface area contributed by atoms with Crippen molar-refractivity contribution < 1.29 is 9.53 Å². The second-order valence-corrected chi connectivity index (χ2v) is 8.77. The molecule has 0 unspecified atom stereocenters. The Balaban J connectivity index is 1.34. The van der Waals surface area contributed by atoms with E-state index in [-0.39, 0.29) is 23.0 Å². The third-order valence-corrected chi connectivity index (χ3v) is 6.55. The van der Waals surface area contributed by atoms with E-state index in [0.29, 0.717) is 24.8 Å². The highest BCUT2D eigenvalue weighted by Gasteiger charge is 2.28. The van der Waals surface area contributed by atoms with Crippen LogP contribution in [0, 0.1) is 0 Å². The lowest BCUT2D eigenvalue weighted by molar-refractivity contribution is -0.130. The van der Waals surface area contributed by atoms with Crippen LogP contribution >= 0.6 is 11.8 Å². The normalized spacial score (nSPS) is 20.8. The molecule has 0 aliphatic carbocycles. The van der Waals surface area contributed by atoms with E-state index in [2.05, 4.69) is 27.2 Å². The molecule has 2 aromatic rings. The molecule has 156 valence electrons. The maximum absolute atomic E-state index is 12.9. The maximum atomic E-state index is 12.9. The van der Waals surface area contributed by atoms with Gasteiger partial charge in [0.2, 0.25) is 5.91 Å². The number of anilines is 1.